The fourth-order valence-corrected chi connectivity index (χ4v) is 2.20. The highest BCUT2D eigenvalue weighted by molar-refractivity contribution is 7.87. The molecule has 0 unspecified atom stereocenters. The molecule has 106 valence electrons. The monoisotopic (exact) mass is 298 g/mol. The summed E-state index contributed by atoms with van der Waals surface area (Å²) >= 11 is 5.39. The third kappa shape index (κ3) is 6.23. The van der Waals surface area contributed by atoms with Crippen molar-refractivity contribution in [3.8, 4) is 0 Å². The van der Waals surface area contributed by atoms with E-state index in [4.69, 9.17) is 16.3 Å². The minimum Gasteiger partial charge on any atom is -0.443 e. The molecule has 18 heavy (non-hydrogen) atoms. The van der Waals surface area contributed by atoms with Crippen LogP contribution in [0.15, 0.2) is 12.7 Å². The van der Waals surface area contributed by atoms with Crippen LogP contribution >= 0.6 is 11.6 Å². The second kappa shape index (κ2) is 6.96. The van der Waals surface area contributed by atoms with Gasteiger partial charge in [0.1, 0.15) is 5.60 Å². The van der Waals surface area contributed by atoms with Crippen molar-refractivity contribution in [1.29, 1.82) is 0 Å². The maximum Gasteiger partial charge on any atom is 0.425 e. The summed E-state index contributed by atoms with van der Waals surface area (Å²) < 4.78 is 31.4. The second-order valence-corrected chi connectivity index (χ2v) is 6.45. The van der Waals surface area contributed by atoms with Gasteiger partial charge in [-0.2, -0.15) is 17.4 Å². The fraction of sp³-hybridized carbons (Fsp3) is 0.700. The average molecular weight is 299 g/mol. The van der Waals surface area contributed by atoms with E-state index in [1.165, 1.54) is 6.08 Å². The maximum absolute atomic E-state index is 11.8. The number of halogens is 1. The van der Waals surface area contributed by atoms with Crippen LogP contribution in [-0.2, 0) is 14.9 Å². The lowest BCUT2D eigenvalue weighted by molar-refractivity contribution is 0.0403. The highest BCUT2D eigenvalue weighted by Crippen LogP contribution is 2.12. The predicted molar refractivity (Wildman–Crippen MR) is 70.8 cm³/mol. The van der Waals surface area contributed by atoms with Gasteiger partial charge in [0, 0.05) is 12.4 Å². The SMILES string of the molecule is C=CCN(C(=O)OC(C)(C)C)S(=O)(=O)NCCCl. The van der Waals surface area contributed by atoms with Crippen LogP contribution in [0.3, 0.4) is 0 Å². The van der Waals surface area contributed by atoms with Gasteiger partial charge in [-0.15, -0.1) is 18.2 Å². The molecule has 0 radical (unpaired) electrons. The Labute approximate surface area is 113 Å². The van der Waals surface area contributed by atoms with Gasteiger partial charge >= 0.3 is 16.3 Å². The van der Waals surface area contributed by atoms with Crippen LogP contribution < -0.4 is 4.72 Å². The largest absolute Gasteiger partial charge is 0.443 e. The van der Waals surface area contributed by atoms with Gasteiger partial charge in [0.2, 0.25) is 0 Å². The summed E-state index contributed by atoms with van der Waals surface area (Å²) in [5, 5.41) is 0. The molecule has 6 nitrogen and oxygen atoms in total. The van der Waals surface area contributed by atoms with E-state index >= 15 is 0 Å². The Bertz CT molecular complexity index is 389. The molecule has 0 aromatic rings. The molecule has 1 amide bonds. The minimum absolute atomic E-state index is 0.0281. The molecule has 0 fully saturated rings. The molecule has 0 rings (SSSR count). The highest BCUT2D eigenvalue weighted by Gasteiger charge is 2.30. The molecule has 0 heterocycles. The quantitative estimate of drug-likeness (QED) is 0.595. The molecule has 0 aliphatic carbocycles. The third-order valence-corrected chi connectivity index (χ3v) is 3.20. The van der Waals surface area contributed by atoms with Gasteiger partial charge < -0.3 is 4.74 Å². The Morgan fingerprint density at radius 2 is 2.06 bits per heavy atom. The van der Waals surface area contributed by atoms with E-state index in [9.17, 15) is 13.2 Å². The van der Waals surface area contributed by atoms with Crippen LogP contribution in [0, 0.1) is 0 Å². The Morgan fingerprint density at radius 3 is 2.44 bits per heavy atom. The Hall–Kier alpha value is -0.790. The average Bonchev–Trinajstić information content (AvgIpc) is 2.20. The van der Waals surface area contributed by atoms with E-state index in [1.54, 1.807) is 20.8 Å². The van der Waals surface area contributed by atoms with Gasteiger partial charge in [0.25, 0.3) is 0 Å². The van der Waals surface area contributed by atoms with Gasteiger partial charge in [-0.3, -0.25) is 0 Å². The number of hydrogen-bond donors (Lipinski definition) is 1. The first-order chi connectivity index (χ1) is 8.14. The topological polar surface area (TPSA) is 75.7 Å². The zero-order valence-corrected chi connectivity index (χ0v) is 12.3. The molecule has 0 aromatic carbocycles. The first-order valence-electron chi connectivity index (χ1n) is 5.31. The van der Waals surface area contributed by atoms with Crippen molar-refractivity contribution in [2.75, 3.05) is 19.0 Å². The summed E-state index contributed by atoms with van der Waals surface area (Å²) in [5.41, 5.74) is -0.779. The molecule has 0 atom stereocenters. The van der Waals surface area contributed by atoms with E-state index in [1.807, 2.05) is 0 Å². The molecule has 8 heteroatoms. The summed E-state index contributed by atoms with van der Waals surface area (Å²) in [6.07, 6.45) is 0.341. The summed E-state index contributed by atoms with van der Waals surface area (Å²) in [5.74, 6) is 0.107. The van der Waals surface area contributed by atoms with Crippen molar-refractivity contribution in [2.45, 2.75) is 26.4 Å². The molecule has 1 N–H and O–H groups in total. The number of amides is 1. The molecule has 0 saturated heterocycles. The molecule has 0 saturated carbocycles. The number of alkyl halides is 1. The van der Waals surface area contributed by atoms with Crippen LogP contribution in [0.4, 0.5) is 4.79 Å². The number of carbonyl (C=O) groups is 1. The van der Waals surface area contributed by atoms with Gasteiger partial charge in [-0.1, -0.05) is 6.08 Å². The lowest BCUT2D eigenvalue weighted by Gasteiger charge is -2.26. The van der Waals surface area contributed by atoms with Gasteiger partial charge in [0.05, 0.1) is 6.54 Å². The summed E-state index contributed by atoms with van der Waals surface area (Å²) in [4.78, 5) is 11.8. The van der Waals surface area contributed by atoms with Crippen molar-refractivity contribution < 1.29 is 17.9 Å². The number of carbonyl (C=O) groups excluding carboxylic acids is 1. The maximum atomic E-state index is 11.8. The number of nitrogens with one attached hydrogen (secondary N) is 1. The van der Waals surface area contributed by atoms with E-state index in [-0.39, 0.29) is 19.0 Å². The van der Waals surface area contributed by atoms with E-state index in [0.717, 1.165) is 0 Å². The van der Waals surface area contributed by atoms with E-state index in [2.05, 4.69) is 11.3 Å². The smallest absolute Gasteiger partial charge is 0.425 e. The summed E-state index contributed by atoms with van der Waals surface area (Å²) in [6, 6.07) is 0. The molecule has 0 aliphatic heterocycles. The number of ether oxygens (including phenoxy) is 1. The number of hydrogen-bond acceptors (Lipinski definition) is 4. The molecule has 0 bridgehead atoms. The number of rotatable bonds is 6. The summed E-state index contributed by atoms with van der Waals surface area (Å²) in [7, 11) is -3.97. The summed E-state index contributed by atoms with van der Waals surface area (Å²) in [6.45, 7) is 8.21. The molecule has 0 aromatic heterocycles. The van der Waals surface area contributed by atoms with Crippen molar-refractivity contribution >= 4 is 27.9 Å². The van der Waals surface area contributed by atoms with E-state index in [0.29, 0.717) is 4.31 Å². The zero-order chi connectivity index (χ0) is 14.4. The van der Waals surface area contributed by atoms with Crippen LogP contribution in [0.2, 0.25) is 0 Å². The Balaban J connectivity index is 4.95. The van der Waals surface area contributed by atoms with Gasteiger partial charge in [-0.25, -0.2) is 4.79 Å². The lowest BCUT2D eigenvalue weighted by atomic mass is 10.2. The normalized spacial score (nSPS) is 12.0. The fourth-order valence-electron chi connectivity index (χ4n) is 0.946. The van der Waals surface area contributed by atoms with Crippen molar-refractivity contribution in [3.63, 3.8) is 0 Å². The van der Waals surface area contributed by atoms with Crippen molar-refractivity contribution in [2.24, 2.45) is 0 Å². The van der Waals surface area contributed by atoms with Crippen LogP contribution in [0.25, 0.3) is 0 Å². The lowest BCUT2D eigenvalue weighted by Crippen LogP contribution is -2.47. The minimum atomic E-state index is -3.97. The molecular formula is C10H19ClN2O4S. The second-order valence-electron chi connectivity index (χ2n) is 4.39. The first kappa shape index (κ1) is 17.2. The standard InChI is InChI=1S/C10H19ClN2O4S/c1-5-8-13(9(14)17-10(2,3)4)18(15,16)12-7-6-11/h5,12H,1,6-8H2,2-4H3. The Kier molecular flexibility index (Phi) is 6.66. The molecular weight excluding hydrogens is 280 g/mol. The predicted octanol–water partition coefficient (Wildman–Crippen LogP) is 1.48. The van der Waals surface area contributed by atoms with Crippen LogP contribution in [0.5, 0.6) is 0 Å². The van der Waals surface area contributed by atoms with Crippen molar-refractivity contribution in [1.82, 2.24) is 9.03 Å². The van der Waals surface area contributed by atoms with Crippen molar-refractivity contribution in [3.05, 3.63) is 12.7 Å². The van der Waals surface area contributed by atoms with Crippen LogP contribution in [0.1, 0.15) is 20.8 Å². The van der Waals surface area contributed by atoms with Gasteiger partial charge in [-0.05, 0) is 20.8 Å². The Morgan fingerprint density at radius 1 is 1.50 bits per heavy atom. The first-order valence-corrected chi connectivity index (χ1v) is 7.28. The molecule has 0 spiro atoms. The van der Waals surface area contributed by atoms with Crippen LogP contribution in [-0.4, -0.2) is 43.4 Å². The highest BCUT2D eigenvalue weighted by atomic mass is 35.5. The van der Waals surface area contributed by atoms with Gasteiger partial charge in [0.15, 0.2) is 0 Å². The molecule has 0 aliphatic rings. The van der Waals surface area contributed by atoms with E-state index < -0.39 is 21.9 Å². The number of nitrogens with zero attached hydrogens (tertiary/aromatic N) is 1. The zero-order valence-electron chi connectivity index (χ0n) is 10.8. The third-order valence-electron chi connectivity index (χ3n) is 1.56.